The Morgan fingerprint density at radius 2 is 2.17 bits per heavy atom. The van der Waals surface area contributed by atoms with Crippen molar-refractivity contribution in [1.82, 2.24) is 15.2 Å². The summed E-state index contributed by atoms with van der Waals surface area (Å²) in [5.41, 5.74) is -0.0864. The zero-order chi connectivity index (χ0) is 21.0. The fraction of sp³-hybridized carbons (Fsp3) is 0.571. The van der Waals surface area contributed by atoms with Crippen molar-refractivity contribution in [3.63, 3.8) is 0 Å². The van der Waals surface area contributed by atoms with E-state index in [2.05, 4.69) is 10.3 Å². The van der Waals surface area contributed by atoms with Crippen LogP contribution in [0.5, 0.6) is 0 Å². The molecule has 1 saturated heterocycles. The highest BCUT2D eigenvalue weighted by atomic mass is 32.1. The topological polar surface area (TPSA) is 84.7 Å². The van der Waals surface area contributed by atoms with Gasteiger partial charge in [0.25, 0.3) is 5.91 Å². The highest BCUT2D eigenvalue weighted by molar-refractivity contribution is 7.13. The number of carbonyl (C=O) groups is 2. The van der Waals surface area contributed by atoms with Crippen LogP contribution in [0.3, 0.4) is 0 Å². The monoisotopic (exact) mass is 419 g/mol. The Morgan fingerprint density at radius 3 is 2.86 bits per heavy atom. The SMILES string of the molecule is Cc1ccc(-c2nc(C(=O)NCCC3CCCN(C(=O)OC(C)(C)C)C3)cs2)o1. The van der Waals surface area contributed by atoms with Crippen LogP contribution in [0.2, 0.25) is 0 Å². The minimum absolute atomic E-state index is 0.185. The van der Waals surface area contributed by atoms with E-state index in [1.165, 1.54) is 11.3 Å². The number of ether oxygens (including phenoxy) is 1. The third-order valence-corrected chi connectivity index (χ3v) is 5.55. The Balaban J connectivity index is 1.45. The van der Waals surface area contributed by atoms with Crippen molar-refractivity contribution in [2.75, 3.05) is 19.6 Å². The molecule has 2 aromatic rings. The molecule has 1 aliphatic rings. The van der Waals surface area contributed by atoms with E-state index in [-0.39, 0.29) is 12.0 Å². The molecule has 2 aromatic heterocycles. The molecule has 29 heavy (non-hydrogen) atoms. The average molecular weight is 420 g/mol. The lowest BCUT2D eigenvalue weighted by Crippen LogP contribution is -2.43. The number of thiazole rings is 1. The lowest BCUT2D eigenvalue weighted by Gasteiger charge is -2.34. The van der Waals surface area contributed by atoms with Gasteiger partial charge in [-0.15, -0.1) is 11.3 Å². The Kier molecular flexibility index (Phi) is 6.62. The number of hydrogen-bond donors (Lipinski definition) is 1. The van der Waals surface area contributed by atoms with Crippen molar-refractivity contribution in [1.29, 1.82) is 0 Å². The fourth-order valence-electron chi connectivity index (χ4n) is 3.31. The molecule has 1 fully saturated rings. The van der Waals surface area contributed by atoms with E-state index >= 15 is 0 Å². The van der Waals surface area contributed by atoms with Crippen LogP contribution >= 0.6 is 11.3 Å². The standard InChI is InChI=1S/C21H29N3O4S/c1-14-7-8-17(27-14)19-23-16(13-29-19)18(25)22-10-9-15-6-5-11-24(12-15)20(26)28-21(2,3)4/h7-8,13,15H,5-6,9-12H2,1-4H3,(H,22,25). The summed E-state index contributed by atoms with van der Waals surface area (Å²) in [6, 6.07) is 3.73. The van der Waals surface area contributed by atoms with E-state index in [1.807, 2.05) is 39.8 Å². The molecule has 2 amide bonds. The molecule has 3 rings (SSSR count). The number of likely N-dealkylation sites (tertiary alicyclic amines) is 1. The number of aromatic nitrogens is 1. The van der Waals surface area contributed by atoms with Crippen molar-refractivity contribution in [2.45, 2.75) is 52.6 Å². The first-order valence-electron chi connectivity index (χ1n) is 10.00. The molecule has 1 atom stereocenters. The minimum atomic E-state index is -0.487. The molecule has 0 saturated carbocycles. The average Bonchev–Trinajstić information content (AvgIpc) is 3.29. The summed E-state index contributed by atoms with van der Waals surface area (Å²) < 4.78 is 11.0. The molecule has 7 nitrogen and oxygen atoms in total. The first kappa shape index (κ1) is 21.4. The molecule has 0 aromatic carbocycles. The van der Waals surface area contributed by atoms with Crippen molar-refractivity contribution < 1.29 is 18.7 Å². The molecule has 1 N–H and O–H groups in total. The van der Waals surface area contributed by atoms with Gasteiger partial charge >= 0.3 is 6.09 Å². The Morgan fingerprint density at radius 1 is 1.38 bits per heavy atom. The van der Waals surface area contributed by atoms with E-state index in [0.717, 1.165) is 31.6 Å². The first-order chi connectivity index (χ1) is 13.7. The second kappa shape index (κ2) is 8.98. The number of furan rings is 1. The predicted molar refractivity (Wildman–Crippen MR) is 112 cm³/mol. The van der Waals surface area contributed by atoms with E-state index in [0.29, 0.717) is 35.5 Å². The molecule has 1 aliphatic heterocycles. The van der Waals surface area contributed by atoms with Gasteiger partial charge in [-0.25, -0.2) is 9.78 Å². The summed E-state index contributed by atoms with van der Waals surface area (Å²) in [5, 5.41) is 5.38. The molecule has 0 aliphatic carbocycles. The maximum atomic E-state index is 12.4. The third kappa shape index (κ3) is 6.06. The van der Waals surface area contributed by atoms with E-state index < -0.39 is 5.60 Å². The van der Waals surface area contributed by atoms with Crippen molar-refractivity contribution in [3.8, 4) is 10.8 Å². The summed E-state index contributed by atoms with van der Waals surface area (Å²) in [6.07, 6.45) is 2.57. The summed E-state index contributed by atoms with van der Waals surface area (Å²) in [7, 11) is 0. The molecule has 158 valence electrons. The number of rotatable bonds is 5. The molecule has 0 bridgehead atoms. The molecule has 0 radical (unpaired) electrons. The number of amides is 2. The summed E-state index contributed by atoms with van der Waals surface area (Å²) in [6.45, 7) is 9.45. The van der Waals surface area contributed by atoms with Crippen molar-refractivity contribution in [3.05, 3.63) is 29.0 Å². The Bertz CT molecular complexity index is 852. The zero-order valence-electron chi connectivity index (χ0n) is 17.5. The molecule has 8 heteroatoms. The van der Waals surface area contributed by atoms with Gasteiger partial charge in [0, 0.05) is 25.0 Å². The third-order valence-electron chi connectivity index (χ3n) is 4.70. The quantitative estimate of drug-likeness (QED) is 0.772. The van der Waals surface area contributed by atoms with Gasteiger partial charge in [0.2, 0.25) is 0 Å². The van der Waals surface area contributed by atoms with Crippen molar-refractivity contribution in [2.24, 2.45) is 5.92 Å². The number of nitrogens with zero attached hydrogens (tertiary/aromatic N) is 2. The first-order valence-corrected chi connectivity index (χ1v) is 10.9. The summed E-state index contributed by atoms with van der Waals surface area (Å²) in [5.74, 6) is 1.66. The largest absolute Gasteiger partial charge is 0.459 e. The van der Waals surface area contributed by atoms with Crippen LogP contribution in [0.1, 0.15) is 56.3 Å². The predicted octanol–water partition coefficient (Wildman–Crippen LogP) is 4.48. The van der Waals surface area contributed by atoms with Gasteiger partial charge in [-0.1, -0.05) is 0 Å². The van der Waals surface area contributed by atoms with Gasteiger partial charge in [0.05, 0.1) is 0 Å². The highest BCUT2D eigenvalue weighted by Crippen LogP contribution is 2.26. The highest BCUT2D eigenvalue weighted by Gasteiger charge is 2.27. The summed E-state index contributed by atoms with van der Waals surface area (Å²) in [4.78, 5) is 30.8. The second-order valence-electron chi connectivity index (χ2n) is 8.43. The number of aryl methyl sites for hydroxylation is 1. The summed E-state index contributed by atoms with van der Waals surface area (Å²) >= 11 is 1.39. The molecule has 0 spiro atoms. The smallest absolute Gasteiger partial charge is 0.410 e. The number of hydrogen-bond acceptors (Lipinski definition) is 6. The van der Waals surface area contributed by atoms with Crippen LogP contribution < -0.4 is 5.32 Å². The lowest BCUT2D eigenvalue weighted by molar-refractivity contribution is 0.0161. The van der Waals surface area contributed by atoms with Gasteiger partial charge < -0.3 is 19.4 Å². The van der Waals surface area contributed by atoms with Crippen LogP contribution in [-0.2, 0) is 4.74 Å². The Labute approximate surface area is 175 Å². The van der Waals surface area contributed by atoms with Gasteiger partial charge in [-0.05, 0) is 65.0 Å². The van der Waals surface area contributed by atoms with Crippen LogP contribution in [0.4, 0.5) is 4.79 Å². The molecular weight excluding hydrogens is 390 g/mol. The lowest BCUT2D eigenvalue weighted by atomic mass is 9.95. The zero-order valence-corrected chi connectivity index (χ0v) is 18.3. The molecule has 1 unspecified atom stereocenters. The van der Waals surface area contributed by atoms with E-state index in [9.17, 15) is 9.59 Å². The van der Waals surface area contributed by atoms with E-state index in [4.69, 9.17) is 9.15 Å². The van der Waals surface area contributed by atoms with Crippen LogP contribution in [-0.4, -0.2) is 47.1 Å². The van der Waals surface area contributed by atoms with Crippen LogP contribution in [0.25, 0.3) is 10.8 Å². The second-order valence-corrected chi connectivity index (χ2v) is 9.29. The number of nitrogens with one attached hydrogen (secondary N) is 1. The van der Waals surface area contributed by atoms with Gasteiger partial charge in [-0.3, -0.25) is 4.79 Å². The minimum Gasteiger partial charge on any atom is -0.459 e. The van der Waals surface area contributed by atoms with E-state index in [1.54, 1.807) is 10.3 Å². The molecular formula is C21H29N3O4S. The van der Waals surface area contributed by atoms with Crippen molar-refractivity contribution >= 4 is 23.3 Å². The van der Waals surface area contributed by atoms with Crippen LogP contribution in [0, 0.1) is 12.8 Å². The van der Waals surface area contributed by atoms with Gasteiger partial charge in [0.1, 0.15) is 17.1 Å². The number of piperidine rings is 1. The molecule has 3 heterocycles. The van der Waals surface area contributed by atoms with Gasteiger partial charge in [0.15, 0.2) is 10.8 Å². The number of carbonyl (C=O) groups excluding carboxylic acids is 2. The van der Waals surface area contributed by atoms with Gasteiger partial charge in [-0.2, -0.15) is 0 Å². The maximum absolute atomic E-state index is 12.4. The fourth-order valence-corrected chi connectivity index (χ4v) is 4.07. The Hall–Kier alpha value is -2.35. The van der Waals surface area contributed by atoms with Crippen LogP contribution in [0.15, 0.2) is 21.9 Å². The normalized spacial score (nSPS) is 17.2. The maximum Gasteiger partial charge on any atom is 0.410 e.